The second-order valence-corrected chi connectivity index (χ2v) is 4.52. The van der Waals surface area contributed by atoms with Gasteiger partial charge in [-0.3, -0.25) is 19.1 Å². The number of hydrogen-bond acceptors (Lipinski definition) is 6. The van der Waals surface area contributed by atoms with Crippen LogP contribution in [0.4, 0.5) is 5.69 Å². The fourth-order valence-corrected chi connectivity index (χ4v) is 2.02. The van der Waals surface area contributed by atoms with Crippen molar-refractivity contribution in [1.82, 2.24) is 9.55 Å². The van der Waals surface area contributed by atoms with Crippen LogP contribution in [0.2, 0.25) is 0 Å². The van der Waals surface area contributed by atoms with E-state index >= 15 is 0 Å². The molecule has 4 N–H and O–H groups in total. The minimum atomic E-state index is -0.926. The summed E-state index contributed by atoms with van der Waals surface area (Å²) in [5, 5.41) is 20.9. The van der Waals surface area contributed by atoms with Gasteiger partial charge in [0.1, 0.15) is 18.0 Å². The topological polar surface area (TPSA) is 134 Å². The number of aliphatic hydroxyl groups is 2. The first-order valence-corrected chi connectivity index (χ1v) is 6.19. The number of carbonyl (C=O) groups is 1. The van der Waals surface area contributed by atoms with Gasteiger partial charge in [0.2, 0.25) is 5.91 Å². The number of anilines is 1. The molecule has 1 amide bonds. The van der Waals surface area contributed by atoms with Gasteiger partial charge in [-0.05, 0) is 6.08 Å². The highest BCUT2D eigenvalue weighted by molar-refractivity contribution is 5.98. The van der Waals surface area contributed by atoms with Crippen LogP contribution in [0.3, 0.4) is 0 Å². The van der Waals surface area contributed by atoms with Crippen molar-refractivity contribution in [2.24, 2.45) is 0 Å². The van der Waals surface area contributed by atoms with Gasteiger partial charge in [0, 0.05) is 12.6 Å². The Hall–Kier alpha value is -2.23. The number of hydrogen-bond donors (Lipinski definition) is 4. The summed E-state index contributed by atoms with van der Waals surface area (Å²) in [6, 6.07) is 0. The van der Waals surface area contributed by atoms with E-state index in [0.717, 1.165) is 16.8 Å². The largest absolute Gasteiger partial charge is 0.394 e. The van der Waals surface area contributed by atoms with Gasteiger partial charge < -0.3 is 20.3 Å². The molecule has 0 spiro atoms. The predicted molar refractivity (Wildman–Crippen MR) is 71.8 cm³/mol. The first-order valence-electron chi connectivity index (χ1n) is 6.19. The molecule has 1 fully saturated rings. The Bertz CT molecular complexity index is 664. The number of ether oxygens (including phenoxy) is 1. The maximum atomic E-state index is 11.8. The van der Waals surface area contributed by atoms with Gasteiger partial charge in [0.15, 0.2) is 0 Å². The Balaban J connectivity index is 2.34. The SMILES string of the molecule is C=CC(=O)Nc1cn([C@H]2C[C@H](O)[C@@H](CO)O2)c(=O)[nH]c1=O. The molecule has 1 saturated heterocycles. The van der Waals surface area contributed by atoms with E-state index in [1.54, 1.807) is 0 Å². The molecule has 9 heteroatoms. The van der Waals surface area contributed by atoms with Gasteiger partial charge in [-0.25, -0.2) is 4.79 Å². The number of amides is 1. The standard InChI is InChI=1S/C12H15N3O6/c1-2-9(18)13-6-4-15(12(20)14-11(6)19)10-3-7(17)8(5-16)21-10/h2,4,7-8,10,16-17H,1,3,5H2,(H,13,18)(H,14,19,20)/t7-,8+,10+/m0/s1. The van der Waals surface area contributed by atoms with E-state index in [0.29, 0.717) is 0 Å². The van der Waals surface area contributed by atoms with Crippen LogP contribution in [-0.2, 0) is 9.53 Å². The monoisotopic (exact) mass is 297 g/mol. The molecular weight excluding hydrogens is 282 g/mol. The molecule has 1 aliphatic heterocycles. The quantitative estimate of drug-likeness (QED) is 0.490. The van der Waals surface area contributed by atoms with Crippen LogP contribution in [0, 0.1) is 0 Å². The first-order chi connectivity index (χ1) is 9.96. The smallest absolute Gasteiger partial charge is 0.330 e. The molecule has 0 aliphatic carbocycles. The average Bonchev–Trinajstić information content (AvgIpc) is 2.82. The van der Waals surface area contributed by atoms with Crippen LogP contribution < -0.4 is 16.6 Å². The van der Waals surface area contributed by atoms with Gasteiger partial charge >= 0.3 is 5.69 Å². The third kappa shape index (κ3) is 3.10. The number of aliphatic hydroxyl groups excluding tert-OH is 2. The molecule has 2 heterocycles. The van der Waals surface area contributed by atoms with Crippen LogP contribution in [0.25, 0.3) is 0 Å². The van der Waals surface area contributed by atoms with Gasteiger partial charge in [0.05, 0.1) is 12.7 Å². The molecule has 3 atom stereocenters. The van der Waals surface area contributed by atoms with Gasteiger partial charge in [0.25, 0.3) is 5.56 Å². The Morgan fingerprint density at radius 3 is 2.90 bits per heavy atom. The summed E-state index contributed by atoms with van der Waals surface area (Å²) in [5.41, 5.74) is -1.65. The Labute approximate surface area is 118 Å². The Kier molecular flexibility index (Phi) is 4.36. The lowest BCUT2D eigenvalue weighted by atomic mass is 10.2. The molecule has 2 rings (SSSR count). The van der Waals surface area contributed by atoms with E-state index in [1.165, 1.54) is 0 Å². The van der Waals surface area contributed by atoms with Crippen LogP contribution in [0.1, 0.15) is 12.6 Å². The molecule has 0 bridgehead atoms. The predicted octanol–water partition coefficient (Wildman–Crippen LogP) is -1.70. The van der Waals surface area contributed by atoms with E-state index in [-0.39, 0.29) is 12.1 Å². The molecule has 114 valence electrons. The summed E-state index contributed by atoms with van der Waals surface area (Å²) in [6.07, 6.45) is -0.399. The van der Waals surface area contributed by atoms with Crippen LogP contribution >= 0.6 is 0 Å². The summed E-state index contributed by atoms with van der Waals surface area (Å²) >= 11 is 0. The van der Waals surface area contributed by atoms with E-state index < -0.39 is 42.2 Å². The van der Waals surface area contributed by atoms with Gasteiger partial charge in [-0.1, -0.05) is 6.58 Å². The summed E-state index contributed by atoms with van der Waals surface area (Å²) in [5.74, 6) is -0.605. The Morgan fingerprint density at radius 1 is 1.62 bits per heavy atom. The lowest BCUT2D eigenvalue weighted by molar-refractivity contribution is -0.111. The number of carbonyl (C=O) groups excluding carboxylic acids is 1. The van der Waals surface area contributed by atoms with E-state index in [4.69, 9.17) is 9.84 Å². The zero-order valence-electron chi connectivity index (χ0n) is 11.0. The third-order valence-corrected chi connectivity index (χ3v) is 3.11. The third-order valence-electron chi connectivity index (χ3n) is 3.11. The molecule has 0 aromatic carbocycles. The van der Waals surface area contributed by atoms with E-state index in [9.17, 15) is 19.5 Å². The van der Waals surface area contributed by atoms with Crippen molar-refractivity contribution in [3.05, 3.63) is 39.7 Å². The molecule has 21 heavy (non-hydrogen) atoms. The van der Waals surface area contributed by atoms with Crippen LogP contribution in [0.15, 0.2) is 28.4 Å². The normalized spacial score (nSPS) is 24.8. The maximum Gasteiger partial charge on any atom is 0.330 e. The summed E-state index contributed by atoms with van der Waals surface area (Å²) in [7, 11) is 0. The molecule has 0 unspecified atom stereocenters. The lowest BCUT2D eigenvalue weighted by Gasteiger charge is -2.15. The molecular formula is C12H15N3O6. The molecule has 1 aliphatic rings. The minimum Gasteiger partial charge on any atom is -0.394 e. The van der Waals surface area contributed by atoms with Crippen molar-refractivity contribution < 1.29 is 19.7 Å². The highest BCUT2D eigenvalue weighted by Crippen LogP contribution is 2.27. The number of aromatic amines is 1. The highest BCUT2D eigenvalue weighted by Gasteiger charge is 2.35. The van der Waals surface area contributed by atoms with E-state index in [2.05, 4.69) is 11.9 Å². The molecule has 9 nitrogen and oxygen atoms in total. The second kappa shape index (κ2) is 6.04. The first kappa shape index (κ1) is 15.2. The van der Waals surface area contributed by atoms with Crippen LogP contribution in [-0.4, -0.2) is 44.5 Å². The highest BCUT2D eigenvalue weighted by atomic mass is 16.5. The molecule has 1 aromatic heterocycles. The summed E-state index contributed by atoms with van der Waals surface area (Å²) < 4.78 is 6.36. The number of nitrogens with zero attached hydrogens (tertiary/aromatic N) is 1. The molecule has 1 aromatic rings. The number of rotatable bonds is 4. The van der Waals surface area contributed by atoms with Gasteiger partial charge in [-0.2, -0.15) is 0 Å². The van der Waals surface area contributed by atoms with Crippen molar-refractivity contribution in [1.29, 1.82) is 0 Å². The van der Waals surface area contributed by atoms with Crippen molar-refractivity contribution >= 4 is 11.6 Å². The molecule has 0 saturated carbocycles. The van der Waals surface area contributed by atoms with Crippen LogP contribution in [0.5, 0.6) is 0 Å². The van der Waals surface area contributed by atoms with Crippen molar-refractivity contribution in [3.63, 3.8) is 0 Å². The van der Waals surface area contributed by atoms with Crippen molar-refractivity contribution in [2.75, 3.05) is 11.9 Å². The maximum absolute atomic E-state index is 11.8. The molecule has 0 radical (unpaired) electrons. The fraction of sp³-hybridized carbons (Fsp3) is 0.417. The van der Waals surface area contributed by atoms with Crippen molar-refractivity contribution in [3.8, 4) is 0 Å². The van der Waals surface area contributed by atoms with Crippen molar-refractivity contribution in [2.45, 2.75) is 24.9 Å². The fourth-order valence-electron chi connectivity index (χ4n) is 2.02. The lowest BCUT2D eigenvalue weighted by Crippen LogP contribution is -2.34. The average molecular weight is 297 g/mol. The number of aromatic nitrogens is 2. The number of H-pyrrole nitrogens is 1. The summed E-state index contributed by atoms with van der Waals surface area (Å²) in [4.78, 5) is 36.6. The summed E-state index contributed by atoms with van der Waals surface area (Å²) in [6.45, 7) is 2.86. The number of nitrogens with one attached hydrogen (secondary N) is 2. The Morgan fingerprint density at radius 2 is 2.33 bits per heavy atom. The zero-order chi connectivity index (χ0) is 15.6. The second-order valence-electron chi connectivity index (χ2n) is 4.52. The minimum absolute atomic E-state index is 0.0754. The van der Waals surface area contributed by atoms with E-state index in [1.807, 2.05) is 4.98 Å². The van der Waals surface area contributed by atoms with Gasteiger partial charge in [-0.15, -0.1) is 0 Å². The zero-order valence-corrected chi connectivity index (χ0v) is 11.0.